The molecule has 3 aromatic rings. The zero-order chi connectivity index (χ0) is 13.6. The second-order valence-electron chi connectivity index (χ2n) is 4.95. The van der Waals surface area contributed by atoms with E-state index in [-0.39, 0.29) is 0 Å². The van der Waals surface area contributed by atoms with Gasteiger partial charge in [-0.05, 0) is 49.2 Å². The van der Waals surface area contributed by atoms with E-state index in [0.29, 0.717) is 5.69 Å². The number of hydrogen-bond acceptors (Lipinski definition) is 1. The molecule has 3 rings (SSSR count). The number of aldehydes is 1. The van der Waals surface area contributed by atoms with Crippen molar-refractivity contribution in [1.29, 1.82) is 0 Å². The SMILES string of the molecule is Cc1c(C)n(C)c2ccc(-c3ccc(C=O)[nH]3)cc12. The maximum Gasteiger partial charge on any atom is 0.166 e. The van der Waals surface area contributed by atoms with Crippen LogP contribution in [0, 0.1) is 13.8 Å². The number of carbonyl (C=O) groups is 1. The maximum atomic E-state index is 10.7. The number of nitrogens with zero attached hydrogens (tertiary/aromatic N) is 1. The molecule has 0 radical (unpaired) electrons. The van der Waals surface area contributed by atoms with Gasteiger partial charge in [0.15, 0.2) is 6.29 Å². The Hall–Kier alpha value is -2.29. The normalized spacial score (nSPS) is 11.1. The minimum absolute atomic E-state index is 0.607. The van der Waals surface area contributed by atoms with E-state index in [9.17, 15) is 4.79 Å². The van der Waals surface area contributed by atoms with Crippen LogP contribution in [0.15, 0.2) is 30.3 Å². The third-order valence-electron chi connectivity index (χ3n) is 3.95. The van der Waals surface area contributed by atoms with Gasteiger partial charge in [0.2, 0.25) is 0 Å². The monoisotopic (exact) mass is 252 g/mol. The van der Waals surface area contributed by atoms with Crippen LogP contribution in [0.25, 0.3) is 22.2 Å². The van der Waals surface area contributed by atoms with E-state index in [1.807, 2.05) is 6.07 Å². The second-order valence-corrected chi connectivity index (χ2v) is 4.95. The Morgan fingerprint density at radius 3 is 2.63 bits per heavy atom. The van der Waals surface area contributed by atoms with Crippen LogP contribution in [0.5, 0.6) is 0 Å². The molecule has 0 aliphatic heterocycles. The topological polar surface area (TPSA) is 37.8 Å². The summed E-state index contributed by atoms with van der Waals surface area (Å²) in [6, 6.07) is 10.1. The molecule has 3 heteroatoms. The summed E-state index contributed by atoms with van der Waals surface area (Å²) in [6.45, 7) is 4.28. The van der Waals surface area contributed by atoms with E-state index < -0.39 is 0 Å². The Balaban J connectivity index is 2.21. The van der Waals surface area contributed by atoms with Gasteiger partial charge >= 0.3 is 0 Å². The van der Waals surface area contributed by atoms with Gasteiger partial charge in [-0.2, -0.15) is 0 Å². The van der Waals surface area contributed by atoms with Crippen LogP contribution in [0.4, 0.5) is 0 Å². The first-order chi connectivity index (χ1) is 9.11. The highest BCUT2D eigenvalue weighted by molar-refractivity contribution is 5.89. The van der Waals surface area contributed by atoms with Crippen molar-refractivity contribution in [3.8, 4) is 11.3 Å². The third-order valence-corrected chi connectivity index (χ3v) is 3.95. The molecule has 0 spiro atoms. The maximum absolute atomic E-state index is 10.7. The van der Waals surface area contributed by atoms with Gasteiger partial charge in [-0.15, -0.1) is 0 Å². The van der Waals surface area contributed by atoms with E-state index in [1.165, 1.54) is 22.2 Å². The molecule has 0 saturated carbocycles. The number of fused-ring (bicyclic) bond motifs is 1. The summed E-state index contributed by atoms with van der Waals surface area (Å²) < 4.78 is 2.21. The number of aryl methyl sites for hydroxylation is 2. The molecule has 3 nitrogen and oxygen atoms in total. The van der Waals surface area contributed by atoms with E-state index >= 15 is 0 Å². The van der Waals surface area contributed by atoms with Crippen molar-refractivity contribution in [2.45, 2.75) is 13.8 Å². The van der Waals surface area contributed by atoms with Crippen molar-refractivity contribution in [2.75, 3.05) is 0 Å². The molecule has 2 heterocycles. The molecular weight excluding hydrogens is 236 g/mol. The zero-order valence-electron chi connectivity index (χ0n) is 11.3. The Morgan fingerprint density at radius 2 is 1.95 bits per heavy atom. The van der Waals surface area contributed by atoms with Crippen molar-refractivity contribution < 1.29 is 4.79 Å². The second kappa shape index (κ2) is 4.12. The molecule has 1 aromatic carbocycles. The van der Waals surface area contributed by atoms with Crippen LogP contribution < -0.4 is 0 Å². The lowest BCUT2D eigenvalue weighted by Crippen LogP contribution is -1.89. The average Bonchev–Trinajstić information content (AvgIpc) is 2.99. The van der Waals surface area contributed by atoms with Crippen LogP contribution in [0.1, 0.15) is 21.7 Å². The highest BCUT2D eigenvalue weighted by Crippen LogP contribution is 2.29. The average molecular weight is 252 g/mol. The van der Waals surface area contributed by atoms with Gasteiger partial charge in [0.05, 0.1) is 5.69 Å². The fraction of sp³-hybridized carbons (Fsp3) is 0.188. The number of benzene rings is 1. The van der Waals surface area contributed by atoms with E-state index in [0.717, 1.165) is 17.5 Å². The van der Waals surface area contributed by atoms with Crippen LogP contribution >= 0.6 is 0 Å². The quantitative estimate of drug-likeness (QED) is 0.695. The van der Waals surface area contributed by atoms with Crippen molar-refractivity contribution in [3.05, 3.63) is 47.3 Å². The molecule has 0 aliphatic rings. The Kier molecular flexibility index (Phi) is 2.56. The number of aromatic nitrogens is 2. The van der Waals surface area contributed by atoms with Gasteiger partial charge in [0.25, 0.3) is 0 Å². The highest BCUT2D eigenvalue weighted by Gasteiger charge is 2.10. The first-order valence-electron chi connectivity index (χ1n) is 6.32. The van der Waals surface area contributed by atoms with Crippen LogP contribution in [-0.2, 0) is 7.05 Å². The standard InChI is InChI=1S/C16H16N2O/c1-10-11(2)18(3)16-7-4-12(8-14(10)16)15-6-5-13(9-19)17-15/h4-9,17H,1-3H3. The smallest absolute Gasteiger partial charge is 0.166 e. The summed E-state index contributed by atoms with van der Waals surface area (Å²) in [5.74, 6) is 0. The third kappa shape index (κ3) is 1.70. The summed E-state index contributed by atoms with van der Waals surface area (Å²) in [7, 11) is 2.09. The summed E-state index contributed by atoms with van der Waals surface area (Å²) in [5.41, 5.74) is 6.52. The molecule has 0 fully saturated rings. The summed E-state index contributed by atoms with van der Waals surface area (Å²) >= 11 is 0. The molecule has 0 bridgehead atoms. The molecule has 0 unspecified atom stereocenters. The molecule has 1 N–H and O–H groups in total. The predicted octanol–water partition coefficient (Wildman–Crippen LogP) is 3.60. The number of H-pyrrole nitrogens is 1. The van der Waals surface area contributed by atoms with Gasteiger partial charge in [-0.25, -0.2) is 0 Å². The van der Waals surface area contributed by atoms with Gasteiger partial charge in [-0.3, -0.25) is 4.79 Å². The van der Waals surface area contributed by atoms with E-state index in [1.54, 1.807) is 6.07 Å². The minimum atomic E-state index is 0.607. The first-order valence-corrected chi connectivity index (χ1v) is 6.32. The van der Waals surface area contributed by atoms with Crippen molar-refractivity contribution in [2.24, 2.45) is 7.05 Å². The highest BCUT2D eigenvalue weighted by atomic mass is 16.1. The number of carbonyl (C=O) groups excluding carboxylic acids is 1. The molecule has 0 amide bonds. The summed E-state index contributed by atoms with van der Waals surface area (Å²) in [6.07, 6.45) is 0.833. The fourth-order valence-electron chi connectivity index (χ4n) is 2.57. The molecule has 0 atom stereocenters. The summed E-state index contributed by atoms with van der Waals surface area (Å²) in [5, 5.41) is 1.26. The molecule has 96 valence electrons. The van der Waals surface area contributed by atoms with E-state index in [2.05, 4.69) is 48.6 Å². The number of aromatic amines is 1. The van der Waals surface area contributed by atoms with Crippen molar-refractivity contribution >= 4 is 17.2 Å². The van der Waals surface area contributed by atoms with Crippen molar-refractivity contribution in [3.63, 3.8) is 0 Å². The molecule has 0 saturated heterocycles. The van der Waals surface area contributed by atoms with Crippen LogP contribution in [0.3, 0.4) is 0 Å². The lowest BCUT2D eigenvalue weighted by atomic mass is 10.1. The molecule has 19 heavy (non-hydrogen) atoms. The number of nitrogens with one attached hydrogen (secondary N) is 1. The number of hydrogen-bond donors (Lipinski definition) is 1. The van der Waals surface area contributed by atoms with Gasteiger partial charge in [0, 0.05) is 29.3 Å². The molecular formula is C16H16N2O. The Bertz CT molecular complexity index is 777. The van der Waals surface area contributed by atoms with E-state index in [4.69, 9.17) is 0 Å². The van der Waals surface area contributed by atoms with Crippen LogP contribution in [-0.4, -0.2) is 15.8 Å². The Labute approximate surface area is 111 Å². The minimum Gasteiger partial charge on any atom is -0.352 e. The van der Waals surface area contributed by atoms with Gasteiger partial charge in [0.1, 0.15) is 0 Å². The van der Waals surface area contributed by atoms with Crippen LogP contribution in [0.2, 0.25) is 0 Å². The number of rotatable bonds is 2. The Morgan fingerprint density at radius 1 is 1.16 bits per heavy atom. The van der Waals surface area contributed by atoms with Crippen molar-refractivity contribution in [1.82, 2.24) is 9.55 Å². The predicted molar refractivity (Wildman–Crippen MR) is 77.6 cm³/mol. The molecule has 0 aliphatic carbocycles. The first kappa shape index (κ1) is 11.8. The lowest BCUT2D eigenvalue weighted by molar-refractivity contribution is 0.111. The van der Waals surface area contributed by atoms with Gasteiger partial charge in [-0.1, -0.05) is 6.07 Å². The van der Waals surface area contributed by atoms with Gasteiger partial charge < -0.3 is 9.55 Å². The fourth-order valence-corrected chi connectivity index (χ4v) is 2.57. The largest absolute Gasteiger partial charge is 0.352 e. The lowest BCUT2D eigenvalue weighted by Gasteiger charge is -2.01. The zero-order valence-corrected chi connectivity index (χ0v) is 11.3. The summed E-state index contributed by atoms with van der Waals surface area (Å²) in [4.78, 5) is 13.8. The molecule has 2 aromatic heterocycles.